The van der Waals surface area contributed by atoms with Crippen LogP contribution in [0, 0.1) is 11.3 Å². The van der Waals surface area contributed by atoms with Gasteiger partial charge < -0.3 is 20.1 Å². The molecule has 2 N–H and O–H groups in total. The molecule has 1 aromatic heterocycles. The first kappa shape index (κ1) is 17.4. The van der Waals surface area contributed by atoms with Gasteiger partial charge in [-0.2, -0.15) is 5.26 Å². The second-order valence-corrected chi connectivity index (χ2v) is 6.08. The highest BCUT2D eigenvalue weighted by molar-refractivity contribution is 5.94. The Labute approximate surface area is 161 Å². The first-order chi connectivity index (χ1) is 13.7. The third-order valence-electron chi connectivity index (χ3n) is 4.22. The van der Waals surface area contributed by atoms with Crippen LogP contribution in [0.4, 0.5) is 11.5 Å². The van der Waals surface area contributed by atoms with Crippen LogP contribution in [0.3, 0.4) is 0 Å². The molecule has 3 aromatic rings. The number of ether oxygens (including phenoxy) is 2. The SMILES string of the molecule is N#Cc1ccccc1Nc1cc(C(=O)NCc2ccc3c(c2)OCO3)ccn1. The van der Waals surface area contributed by atoms with Crippen LogP contribution in [0.1, 0.15) is 21.5 Å². The molecule has 7 nitrogen and oxygen atoms in total. The fourth-order valence-electron chi connectivity index (χ4n) is 2.80. The largest absolute Gasteiger partial charge is 0.454 e. The number of amides is 1. The summed E-state index contributed by atoms with van der Waals surface area (Å²) in [5, 5.41) is 15.1. The zero-order valence-electron chi connectivity index (χ0n) is 14.8. The third kappa shape index (κ3) is 3.71. The number of nitrogens with one attached hydrogen (secondary N) is 2. The summed E-state index contributed by atoms with van der Waals surface area (Å²) in [6.07, 6.45) is 1.55. The second kappa shape index (κ2) is 7.68. The normalized spacial score (nSPS) is 11.5. The molecule has 0 saturated carbocycles. The van der Waals surface area contributed by atoms with Crippen molar-refractivity contribution in [3.8, 4) is 17.6 Å². The number of para-hydroxylation sites is 1. The van der Waals surface area contributed by atoms with Crippen LogP contribution in [-0.4, -0.2) is 17.7 Å². The Balaban J connectivity index is 1.43. The maximum atomic E-state index is 12.5. The molecule has 0 radical (unpaired) electrons. The first-order valence-corrected chi connectivity index (χ1v) is 8.62. The van der Waals surface area contributed by atoms with E-state index in [1.165, 1.54) is 0 Å². The van der Waals surface area contributed by atoms with Gasteiger partial charge in [-0.1, -0.05) is 18.2 Å². The summed E-state index contributed by atoms with van der Waals surface area (Å²) in [5.41, 5.74) is 2.51. The van der Waals surface area contributed by atoms with E-state index in [0.29, 0.717) is 40.7 Å². The molecule has 4 rings (SSSR count). The summed E-state index contributed by atoms with van der Waals surface area (Å²) in [7, 11) is 0. The minimum absolute atomic E-state index is 0.215. The third-order valence-corrected chi connectivity index (χ3v) is 4.22. The topological polar surface area (TPSA) is 96.3 Å². The van der Waals surface area contributed by atoms with Gasteiger partial charge >= 0.3 is 0 Å². The van der Waals surface area contributed by atoms with Gasteiger partial charge in [-0.3, -0.25) is 4.79 Å². The fraction of sp³-hybridized carbons (Fsp3) is 0.0952. The number of fused-ring (bicyclic) bond motifs is 1. The molecule has 0 bridgehead atoms. The molecule has 28 heavy (non-hydrogen) atoms. The molecule has 0 fully saturated rings. The molecule has 1 aliphatic rings. The second-order valence-electron chi connectivity index (χ2n) is 6.08. The van der Waals surface area contributed by atoms with Gasteiger partial charge in [0.15, 0.2) is 11.5 Å². The molecule has 0 saturated heterocycles. The molecule has 7 heteroatoms. The number of anilines is 2. The van der Waals surface area contributed by atoms with Crippen LogP contribution in [0.2, 0.25) is 0 Å². The monoisotopic (exact) mass is 372 g/mol. The first-order valence-electron chi connectivity index (χ1n) is 8.62. The number of benzene rings is 2. The Morgan fingerprint density at radius 1 is 1.11 bits per heavy atom. The van der Waals surface area contributed by atoms with Crippen LogP contribution in [0.25, 0.3) is 0 Å². The van der Waals surface area contributed by atoms with Gasteiger partial charge in [0.1, 0.15) is 11.9 Å². The van der Waals surface area contributed by atoms with Gasteiger partial charge in [0.25, 0.3) is 5.91 Å². The smallest absolute Gasteiger partial charge is 0.251 e. The van der Waals surface area contributed by atoms with E-state index in [9.17, 15) is 10.1 Å². The van der Waals surface area contributed by atoms with Crippen molar-refractivity contribution < 1.29 is 14.3 Å². The molecule has 0 aliphatic carbocycles. The Hall–Kier alpha value is -4.05. The summed E-state index contributed by atoms with van der Waals surface area (Å²) >= 11 is 0. The van der Waals surface area contributed by atoms with Gasteiger partial charge in [0.05, 0.1) is 11.3 Å². The lowest BCUT2D eigenvalue weighted by atomic mass is 10.2. The summed E-state index contributed by atoms with van der Waals surface area (Å²) in [6.45, 7) is 0.574. The van der Waals surface area contributed by atoms with Crippen LogP contribution in [0.5, 0.6) is 11.5 Å². The highest BCUT2D eigenvalue weighted by atomic mass is 16.7. The zero-order chi connectivity index (χ0) is 19.3. The Morgan fingerprint density at radius 3 is 2.86 bits per heavy atom. The summed E-state index contributed by atoms with van der Waals surface area (Å²) in [6, 6.07) is 18.1. The highest BCUT2D eigenvalue weighted by Gasteiger charge is 2.14. The maximum absolute atomic E-state index is 12.5. The number of carbonyl (C=O) groups is 1. The number of pyridine rings is 1. The van der Waals surface area contributed by atoms with Crippen molar-refractivity contribution in [3.63, 3.8) is 0 Å². The highest BCUT2D eigenvalue weighted by Crippen LogP contribution is 2.32. The number of nitriles is 1. The van der Waals surface area contributed by atoms with E-state index in [2.05, 4.69) is 21.7 Å². The molecular weight excluding hydrogens is 356 g/mol. The molecule has 2 aromatic carbocycles. The Bertz CT molecular complexity index is 1080. The average molecular weight is 372 g/mol. The Kier molecular flexibility index (Phi) is 4.76. The van der Waals surface area contributed by atoms with Gasteiger partial charge in [-0.25, -0.2) is 4.98 Å². The van der Waals surface area contributed by atoms with Crippen LogP contribution < -0.4 is 20.1 Å². The average Bonchev–Trinajstić information content (AvgIpc) is 3.20. The van der Waals surface area contributed by atoms with Gasteiger partial charge in [-0.15, -0.1) is 0 Å². The number of hydrogen-bond acceptors (Lipinski definition) is 6. The summed E-state index contributed by atoms with van der Waals surface area (Å²) in [4.78, 5) is 16.7. The molecule has 0 atom stereocenters. The minimum atomic E-state index is -0.225. The van der Waals surface area contributed by atoms with E-state index < -0.39 is 0 Å². The van der Waals surface area contributed by atoms with E-state index in [4.69, 9.17) is 9.47 Å². The van der Waals surface area contributed by atoms with Crippen molar-refractivity contribution >= 4 is 17.4 Å². The zero-order valence-corrected chi connectivity index (χ0v) is 14.8. The molecule has 138 valence electrons. The molecular formula is C21H16N4O3. The number of nitrogens with zero attached hydrogens (tertiary/aromatic N) is 2. The fourth-order valence-corrected chi connectivity index (χ4v) is 2.80. The summed E-state index contributed by atoms with van der Waals surface area (Å²) < 4.78 is 10.6. The van der Waals surface area contributed by atoms with Gasteiger partial charge in [0.2, 0.25) is 6.79 Å². The molecule has 1 aliphatic heterocycles. The number of carbonyl (C=O) groups excluding carboxylic acids is 1. The van der Waals surface area contributed by atoms with E-state index in [-0.39, 0.29) is 12.7 Å². The van der Waals surface area contributed by atoms with Crippen molar-refractivity contribution in [2.24, 2.45) is 0 Å². The quantitative estimate of drug-likeness (QED) is 0.713. The summed E-state index contributed by atoms with van der Waals surface area (Å²) in [5.74, 6) is 1.64. The van der Waals surface area contributed by atoms with E-state index in [1.807, 2.05) is 24.3 Å². The van der Waals surface area contributed by atoms with Crippen molar-refractivity contribution in [3.05, 3.63) is 77.5 Å². The minimum Gasteiger partial charge on any atom is -0.454 e. The van der Waals surface area contributed by atoms with Gasteiger partial charge in [-0.05, 0) is 42.0 Å². The predicted molar refractivity (Wildman–Crippen MR) is 102 cm³/mol. The Morgan fingerprint density at radius 2 is 1.96 bits per heavy atom. The van der Waals surface area contributed by atoms with Crippen molar-refractivity contribution in [2.75, 3.05) is 12.1 Å². The van der Waals surface area contributed by atoms with E-state index >= 15 is 0 Å². The van der Waals surface area contributed by atoms with Gasteiger partial charge in [0, 0.05) is 18.3 Å². The van der Waals surface area contributed by atoms with E-state index in [1.54, 1.807) is 36.5 Å². The lowest BCUT2D eigenvalue weighted by molar-refractivity contribution is 0.0950. The standard InChI is InChI=1S/C21H16N4O3/c22-11-16-3-1-2-4-17(16)25-20-10-15(7-8-23-20)21(26)24-12-14-5-6-18-19(9-14)28-13-27-18/h1-10H,12-13H2,(H,23,25)(H,24,26). The number of aromatic nitrogens is 1. The molecule has 2 heterocycles. The van der Waals surface area contributed by atoms with Crippen molar-refractivity contribution in [1.82, 2.24) is 10.3 Å². The lowest BCUT2D eigenvalue weighted by Gasteiger charge is -2.09. The molecule has 1 amide bonds. The van der Waals surface area contributed by atoms with Crippen molar-refractivity contribution in [1.29, 1.82) is 5.26 Å². The van der Waals surface area contributed by atoms with Crippen LogP contribution in [0.15, 0.2) is 60.8 Å². The van der Waals surface area contributed by atoms with Crippen LogP contribution in [-0.2, 0) is 6.54 Å². The lowest BCUT2D eigenvalue weighted by Crippen LogP contribution is -2.22. The van der Waals surface area contributed by atoms with Crippen molar-refractivity contribution in [2.45, 2.75) is 6.54 Å². The number of hydrogen-bond donors (Lipinski definition) is 2. The molecule has 0 spiro atoms. The van der Waals surface area contributed by atoms with E-state index in [0.717, 1.165) is 5.56 Å². The molecule has 0 unspecified atom stereocenters. The maximum Gasteiger partial charge on any atom is 0.251 e. The number of rotatable bonds is 5. The predicted octanol–water partition coefficient (Wildman–Crippen LogP) is 3.36. The van der Waals surface area contributed by atoms with Crippen LogP contribution >= 0.6 is 0 Å².